The monoisotopic (exact) mass is 319 g/mol. The van der Waals surface area contributed by atoms with E-state index in [0.29, 0.717) is 0 Å². The molecule has 0 amide bonds. The van der Waals surface area contributed by atoms with Crippen molar-refractivity contribution in [3.63, 3.8) is 0 Å². The fourth-order valence-electron chi connectivity index (χ4n) is 2.87. The first-order valence-corrected chi connectivity index (χ1v) is 8.19. The Bertz CT molecular complexity index is 557. The van der Waals surface area contributed by atoms with Gasteiger partial charge in [-0.15, -0.1) is 0 Å². The first-order valence-electron chi connectivity index (χ1n) is 8.19. The second-order valence-electron chi connectivity index (χ2n) is 6.16. The van der Waals surface area contributed by atoms with Crippen molar-refractivity contribution in [1.29, 1.82) is 0 Å². The van der Waals surface area contributed by atoms with Crippen LogP contribution in [0.15, 0.2) is 21.2 Å². The molecular formula is C16H25N5O2. The van der Waals surface area contributed by atoms with Gasteiger partial charge in [0.25, 0.3) is 0 Å². The van der Waals surface area contributed by atoms with E-state index >= 15 is 0 Å². The molecule has 0 aromatic carbocycles. The molecule has 23 heavy (non-hydrogen) atoms. The third kappa shape index (κ3) is 4.89. The Morgan fingerprint density at radius 2 is 1.35 bits per heavy atom. The van der Waals surface area contributed by atoms with E-state index < -0.39 is 0 Å². The van der Waals surface area contributed by atoms with Crippen LogP contribution in [0.5, 0.6) is 0 Å². The summed E-state index contributed by atoms with van der Waals surface area (Å²) in [5.74, 6) is 1.73. The number of hydrogen-bond acceptors (Lipinski definition) is 7. The van der Waals surface area contributed by atoms with Gasteiger partial charge in [-0.05, 0) is 13.8 Å². The predicted molar refractivity (Wildman–Crippen MR) is 85.9 cm³/mol. The Morgan fingerprint density at radius 3 is 1.74 bits per heavy atom. The summed E-state index contributed by atoms with van der Waals surface area (Å²) in [7, 11) is 0. The van der Waals surface area contributed by atoms with Crippen LogP contribution in [0.4, 0.5) is 0 Å². The number of nitrogens with zero attached hydrogens (tertiary/aromatic N) is 4. The lowest BCUT2D eigenvalue weighted by Crippen LogP contribution is -2.35. The zero-order chi connectivity index (χ0) is 16.1. The highest BCUT2D eigenvalue weighted by molar-refractivity contribution is 5.04. The van der Waals surface area contributed by atoms with Gasteiger partial charge in [0, 0.05) is 64.5 Å². The summed E-state index contributed by atoms with van der Waals surface area (Å²) in [6.07, 6.45) is 0. The standard InChI is InChI=1S/C16H25N5O2/c1-13-9-15(18-22-13)11-20-5-3-17-4-6-21(8-7-20)12-16-10-14(2)23-19-16/h9-10,17H,3-8,11-12H2,1-2H3. The number of aryl methyl sites for hydroxylation is 2. The molecule has 2 aromatic heterocycles. The Hall–Kier alpha value is -1.70. The number of hydrogen-bond donors (Lipinski definition) is 1. The maximum absolute atomic E-state index is 5.17. The van der Waals surface area contributed by atoms with Crippen LogP contribution in [0, 0.1) is 13.8 Å². The Balaban J connectivity index is 1.57. The van der Waals surface area contributed by atoms with E-state index in [1.807, 2.05) is 26.0 Å². The normalized spacial score (nSPS) is 18.5. The van der Waals surface area contributed by atoms with Crippen molar-refractivity contribution < 1.29 is 9.05 Å². The first-order chi connectivity index (χ1) is 11.2. The highest BCUT2D eigenvalue weighted by Gasteiger charge is 2.15. The third-order valence-corrected chi connectivity index (χ3v) is 4.07. The number of rotatable bonds is 4. The molecule has 0 saturated carbocycles. The molecule has 7 nitrogen and oxygen atoms in total. The van der Waals surface area contributed by atoms with Crippen LogP contribution in [0.3, 0.4) is 0 Å². The lowest BCUT2D eigenvalue weighted by atomic mass is 10.3. The van der Waals surface area contributed by atoms with Gasteiger partial charge in [0.15, 0.2) is 0 Å². The van der Waals surface area contributed by atoms with E-state index in [0.717, 1.165) is 75.3 Å². The Labute approximate surface area is 136 Å². The van der Waals surface area contributed by atoms with Crippen molar-refractivity contribution in [3.8, 4) is 0 Å². The van der Waals surface area contributed by atoms with Crippen molar-refractivity contribution in [1.82, 2.24) is 25.4 Å². The van der Waals surface area contributed by atoms with Crippen LogP contribution in [0.2, 0.25) is 0 Å². The second-order valence-corrected chi connectivity index (χ2v) is 6.16. The summed E-state index contributed by atoms with van der Waals surface area (Å²) in [5, 5.41) is 11.7. The first kappa shape index (κ1) is 16.2. The predicted octanol–water partition coefficient (Wildman–Crippen LogP) is 1.19. The summed E-state index contributed by atoms with van der Waals surface area (Å²) in [4.78, 5) is 4.83. The quantitative estimate of drug-likeness (QED) is 0.907. The van der Waals surface area contributed by atoms with E-state index in [4.69, 9.17) is 9.05 Å². The summed E-state index contributed by atoms with van der Waals surface area (Å²) in [6.45, 7) is 11.5. The van der Waals surface area contributed by atoms with Gasteiger partial charge < -0.3 is 14.4 Å². The SMILES string of the molecule is Cc1cc(CN2CCNCCN(Cc3cc(C)on3)CC2)no1. The molecule has 0 spiro atoms. The topological polar surface area (TPSA) is 70.6 Å². The lowest BCUT2D eigenvalue weighted by Gasteiger charge is -2.24. The Morgan fingerprint density at radius 1 is 0.870 bits per heavy atom. The molecule has 126 valence electrons. The molecule has 0 aliphatic carbocycles. The molecule has 1 aliphatic heterocycles. The van der Waals surface area contributed by atoms with Gasteiger partial charge in [-0.3, -0.25) is 9.80 Å². The molecular weight excluding hydrogens is 294 g/mol. The van der Waals surface area contributed by atoms with E-state index in [9.17, 15) is 0 Å². The maximum Gasteiger partial charge on any atom is 0.133 e. The van der Waals surface area contributed by atoms with Gasteiger partial charge in [0.1, 0.15) is 11.5 Å². The van der Waals surface area contributed by atoms with Gasteiger partial charge in [0.2, 0.25) is 0 Å². The van der Waals surface area contributed by atoms with Crippen molar-refractivity contribution in [2.24, 2.45) is 0 Å². The minimum atomic E-state index is 0.829. The molecule has 7 heteroatoms. The smallest absolute Gasteiger partial charge is 0.133 e. The molecule has 0 radical (unpaired) electrons. The average Bonchev–Trinajstić information content (AvgIpc) is 3.13. The molecule has 1 fully saturated rings. The molecule has 0 atom stereocenters. The van der Waals surface area contributed by atoms with Crippen molar-refractivity contribution in [3.05, 3.63) is 35.0 Å². The average molecular weight is 319 g/mol. The van der Waals surface area contributed by atoms with Crippen LogP contribution >= 0.6 is 0 Å². The molecule has 0 bridgehead atoms. The zero-order valence-electron chi connectivity index (χ0n) is 13.9. The van der Waals surface area contributed by atoms with Crippen molar-refractivity contribution >= 4 is 0 Å². The van der Waals surface area contributed by atoms with Crippen molar-refractivity contribution in [2.45, 2.75) is 26.9 Å². The van der Waals surface area contributed by atoms with E-state index in [-0.39, 0.29) is 0 Å². The van der Waals surface area contributed by atoms with Gasteiger partial charge in [-0.1, -0.05) is 10.3 Å². The van der Waals surface area contributed by atoms with Crippen LogP contribution in [-0.2, 0) is 13.1 Å². The highest BCUT2D eigenvalue weighted by Crippen LogP contribution is 2.09. The second kappa shape index (κ2) is 7.72. The van der Waals surface area contributed by atoms with Crippen LogP contribution in [0.1, 0.15) is 22.9 Å². The molecule has 3 rings (SSSR count). The van der Waals surface area contributed by atoms with Crippen LogP contribution < -0.4 is 5.32 Å². The fourth-order valence-corrected chi connectivity index (χ4v) is 2.87. The molecule has 1 N–H and O–H groups in total. The van der Waals surface area contributed by atoms with Crippen molar-refractivity contribution in [2.75, 3.05) is 39.3 Å². The van der Waals surface area contributed by atoms with Gasteiger partial charge >= 0.3 is 0 Å². The Kier molecular flexibility index (Phi) is 5.43. The van der Waals surface area contributed by atoms with Crippen LogP contribution in [-0.4, -0.2) is 59.4 Å². The van der Waals surface area contributed by atoms with Crippen LogP contribution in [0.25, 0.3) is 0 Å². The van der Waals surface area contributed by atoms with Gasteiger partial charge in [0.05, 0.1) is 11.4 Å². The van der Waals surface area contributed by atoms with E-state index in [2.05, 4.69) is 25.4 Å². The fraction of sp³-hybridized carbons (Fsp3) is 0.625. The minimum Gasteiger partial charge on any atom is -0.361 e. The number of nitrogens with one attached hydrogen (secondary N) is 1. The van der Waals surface area contributed by atoms with E-state index in [1.165, 1.54) is 0 Å². The largest absolute Gasteiger partial charge is 0.361 e. The van der Waals surface area contributed by atoms with Gasteiger partial charge in [-0.25, -0.2) is 0 Å². The number of aromatic nitrogens is 2. The maximum atomic E-state index is 5.17. The summed E-state index contributed by atoms with van der Waals surface area (Å²) < 4.78 is 10.3. The third-order valence-electron chi connectivity index (χ3n) is 4.07. The minimum absolute atomic E-state index is 0.829. The van der Waals surface area contributed by atoms with Gasteiger partial charge in [-0.2, -0.15) is 0 Å². The zero-order valence-corrected chi connectivity index (χ0v) is 13.9. The molecule has 1 saturated heterocycles. The molecule has 3 heterocycles. The highest BCUT2D eigenvalue weighted by atomic mass is 16.5. The molecule has 0 unspecified atom stereocenters. The summed E-state index contributed by atoms with van der Waals surface area (Å²) in [6, 6.07) is 4.02. The summed E-state index contributed by atoms with van der Waals surface area (Å²) >= 11 is 0. The molecule has 2 aromatic rings. The molecule has 1 aliphatic rings. The summed E-state index contributed by atoms with van der Waals surface area (Å²) in [5.41, 5.74) is 2.00. The lowest BCUT2D eigenvalue weighted by molar-refractivity contribution is 0.203. The van der Waals surface area contributed by atoms with E-state index in [1.54, 1.807) is 0 Å².